The largest absolute Gasteiger partial charge is 0.376 e. The molecule has 0 bridgehead atoms. The summed E-state index contributed by atoms with van der Waals surface area (Å²) >= 11 is 0. The third-order valence-corrected chi connectivity index (χ3v) is 3.44. The zero-order valence-corrected chi connectivity index (χ0v) is 12.2. The second kappa shape index (κ2) is 6.39. The Morgan fingerprint density at radius 1 is 0.913 bits per heavy atom. The molecule has 0 saturated carbocycles. The lowest BCUT2D eigenvalue weighted by Gasteiger charge is -2.14. The third-order valence-electron chi connectivity index (χ3n) is 3.44. The average Bonchev–Trinajstić information content (AvgIpc) is 2.58. The normalized spacial score (nSPS) is 10.7. The van der Waals surface area contributed by atoms with E-state index in [1.54, 1.807) is 24.4 Å². The van der Waals surface area contributed by atoms with Crippen molar-refractivity contribution < 1.29 is 4.39 Å². The summed E-state index contributed by atoms with van der Waals surface area (Å²) in [6, 6.07) is 11.5. The Hall–Kier alpha value is -3.02. The van der Waals surface area contributed by atoms with Crippen molar-refractivity contribution in [3.8, 4) is 0 Å². The molecule has 6 heteroatoms. The Bertz CT molecular complexity index is 886. The van der Waals surface area contributed by atoms with Crippen molar-refractivity contribution in [2.45, 2.75) is 13.1 Å². The maximum Gasteiger partial charge on any atom is 0.253 e. The van der Waals surface area contributed by atoms with Crippen LogP contribution in [0.3, 0.4) is 0 Å². The number of halogens is 1. The molecule has 2 N–H and O–H groups in total. The van der Waals surface area contributed by atoms with E-state index in [0.717, 1.165) is 5.69 Å². The highest BCUT2D eigenvalue weighted by molar-refractivity contribution is 5.73. The van der Waals surface area contributed by atoms with Gasteiger partial charge in [-0.2, -0.15) is 0 Å². The van der Waals surface area contributed by atoms with Gasteiger partial charge < -0.3 is 10.6 Å². The van der Waals surface area contributed by atoms with Gasteiger partial charge in [-0.25, -0.2) is 4.39 Å². The van der Waals surface area contributed by atoms with E-state index in [4.69, 9.17) is 0 Å². The molecule has 0 aliphatic rings. The Morgan fingerprint density at radius 3 is 2.30 bits per heavy atom. The zero-order valence-electron chi connectivity index (χ0n) is 12.2. The molecular weight excluding hydrogens is 297 g/mol. The van der Waals surface area contributed by atoms with E-state index >= 15 is 0 Å². The number of hydrogen-bond acceptors (Lipinski definition) is 5. The fraction of sp³-hybridized carbons (Fsp3) is 0.118. The molecule has 0 saturated heterocycles. The molecule has 0 unspecified atom stereocenters. The summed E-state index contributed by atoms with van der Waals surface area (Å²) in [4.78, 5) is 27.5. The van der Waals surface area contributed by atoms with Crippen molar-refractivity contribution in [1.82, 2.24) is 4.98 Å². The minimum absolute atomic E-state index is 0.232. The van der Waals surface area contributed by atoms with Gasteiger partial charge >= 0.3 is 0 Å². The van der Waals surface area contributed by atoms with E-state index in [2.05, 4.69) is 15.6 Å². The molecule has 3 aromatic rings. The van der Waals surface area contributed by atoms with Gasteiger partial charge in [-0.3, -0.25) is 14.6 Å². The zero-order chi connectivity index (χ0) is 16.2. The highest BCUT2D eigenvalue weighted by Crippen LogP contribution is 2.16. The first kappa shape index (κ1) is 14.9. The SMILES string of the molecule is O=c1c(NCc2cccc(F)c2)c(NCc2ccccn2)c1=O. The molecule has 116 valence electrons. The maximum absolute atomic E-state index is 13.1. The van der Waals surface area contributed by atoms with Crippen molar-refractivity contribution in [3.63, 3.8) is 0 Å². The van der Waals surface area contributed by atoms with Crippen molar-refractivity contribution >= 4 is 11.4 Å². The first-order valence-electron chi connectivity index (χ1n) is 7.10. The second-order valence-electron chi connectivity index (χ2n) is 5.07. The van der Waals surface area contributed by atoms with Crippen LogP contribution in [-0.2, 0) is 13.1 Å². The van der Waals surface area contributed by atoms with Gasteiger partial charge in [0.15, 0.2) is 0 Å². The molecule has 0 spiro atoms. The van der Waals surface area contributed by atoms with Crippen LogP contribution in [0.1, 0.15) is 11.3 Å². The number of benzene rings is 1. The number of aromatic nitrogens is 1. The highest BCUT2D eigenvalue weighted by atomic mass is 19.1. The van der Waals surface area contributed by atoms with Crippen LogP contribution in [0.2, 0.25) is 0 Å². The molecule has 0 atom stereocenters. The van der Waals surface area contributed by atoms with Crippen LogP contribution >= 0.6 is 0 Å². The summed E-state index contributed by atoms with van der Waals surface area (Å²) in [5.41, 5.74) is 0.810. The second-order valence-corrected chi connectivity index (χ2v) is 5.07. The minimum Gasteiger partial charge on any atom is -0.376 e. The number of nitrogens with zero attached hydrogens (tertiary/aromatic N) is 1. The first-order chi connectivity index (χ1) is 11.1. The van der Waals surface area contributed by atoms with Crippen LogP contribution < -0.4 is 21.5 Å². The summed E-state index contributed by atoms with van der Waals surface area (Å²) in [7, 11) is 0. The molecule has 3 rings (SSSR count). The fourth-order valence-corrected chi connectivity index (χ4v) is 2.25. The molecule has 0 radical (unpaired) electrons. The summed E-state index contributed by atoms with van der Waals surface area (Å²) < 4.78 is 13.1. The van der Waals surface area contributed by atoms with Crippen LogP contribution in [0.4, 0.5) is 15.8 Å². The number of pyridine rings is 1. The molecule has 0 aliphatic heterocycles. The Labute approximate surface area is 131 Å². The predicted octanol–water partition coefficient (Wildman–Crippen LogP) is 2.04. The quantitative estimate of drug-likeness (QED) is 0.682. The van der Waals surface area contributed by atoms with E-state index < -0.39 is 10.9 Å². The summed E-state index contributed by atoms with van der Waals surface area (Å²) in [6.45, 7) is 0.612. The predicted molar refractivity (Wildman–Crippen MR) is 86.6 cm³/mol. The molecule has 1 aromatic heterocycles. The van der Waals surface area contributed by atoms with E-state index in [9.17, 15) is 14.0 Å². The van der Waals surface area contributed by atoms with Crippen molar-refractivity contribution in [3.05, 3.63) is 86.2 Å². The molecule has 23 heavy (non-hydrogen) atoms. The van der Waals surface area contributed by atoms with Crippen LogP contribution in [0.5, 0.6) is 0 Å². The van der Waals surface area contributed by atoms with Crippen molar-refractivity contribution in [2.75, 3.05) is 10.6 Å². The Kier molecular flexibility index (Phi) is 4.14. The van der Waals surface area contributed by atoms with Gasteiger partial charge in [-0.05, 0) is 29.8 Å². The lowest BCUT2D eigenvalue weighted by Crippen LogP contribution is -2.37. The topological polar surface area (TPSA) is 71.1 Å². The maximum atomic E-state index is 13.1. The molecule has 2 aromatic carbocycles. The van der Waals surface area contributed by atoms with Crippen LogP contribution in [-0.4, -0.2) is 4.98 Å². The number of anilines is 2. The fourth-order valence-electron chi connectivity index (χ4n) is 2.25. The van der Waals surface area contributed by atoms with Gasteiger partial charge in [0.05, 0.1) is 12.2 Å². The van der Waals surface area contributed by atoms with Crippen LogP contribution in [0.25, 0.3) is 0 Å². The summed E-state index contributed by atoms with van der Waals surface area (Å²) in [6.07, 6.45) is 1.66. The van der Waals surface area contributed by atoms with Crippen molar-refractivity contribution in [2.24, 2.45) is 0 Å². The van der Waals surface area contributed by atoms with E-state index in [1.165, 1.54) is 12.1 Å². The lowest BCUT2D eigenvalue weighted by atomic mass is 10.1. The van der Waals surface area contributed by atoms with Crippen molar-refractivity contribution in [1.29, 1.82) is 0 Å². The molecule has 0 amide bonds. The highest BCUT2D eigenvalue weighted by Gasteiger charge is 2.20. The Morgan fingerprint density at radius 2 is 1.65 bits per heavy atom. The molecule has 5 nitrogen and oxygen atoms in total. The molecule has 0 fully saturated rings. The molecule has 1 heterocycles. The van der Waals surface area contributed by atoms with Gasteiger partial charge in [0.25, 0.3) is 10.9 Å². The Balaban J connectivity index is 1.68. The monoisotopic (exact) mass is 311 g/mol. The third kappa shape index (κ3) is 3.26. The van der Waals surface area contributed by atoms with E-state index in [0.29, 0.717) is 12.1 Å². The van der Waals surface area contributed by atoms with Crippen LogP contribution in [0.15, 0.2) is 58.3 Å². The summed E-state index contributed by atoms with van der Waals surface area (Å²) in [5, 5.41) is 5.81. The average molecular weight is 311 g/mol. The first-order valence-corrected chi connectivity index (χ1v) is 7.10. The van der Waals surface area contributed by atoms with Gasteiger partial charge in [0, 0.05) is 12.7 Å². The number of rotatable bonds is 6. The van der Waals surface area contributed by atoms with E-state index in [1.807, 2.05) is 12.1 Å². The lowest BCUT2D eigenvalue weighted by molar-refractivity contribution is 0.626. The summed E-state index contributed by atoms with van der Waals surface area (Å²) in [5.74, 6) is -0.345. The van der Waals surface area contributed by atoms with Crippen LogP contribution in [0, 0.1) is 5.82 Å². The smallest absolute Gasteiger partial charge is 0.253 e. The number of nitrogens with one attached hydrogen (secondary N) is 2. The minimum atomic E-state index is -0.565. The van der Waals surface area contributed by atoms with Gasteiger partial charge in [0.1, 0.15) is 17.2 Å². The number of hydrogen-bond donors (Lipinski definition) is 2. The van der Waals surface area contributed by atoms with Gasteiger partial charge in [-0.1, -0.05) is 18.2 Å². The molecule has 0 aliphatic carbocycles. The molecular formula is C17H14FN3O2. The van der Waals surface area contributed by atoms with E-state index in [-0.39, 0.29) is 23.7 Å². The van der Waals surface area contributed by atoms with Gasteiger partial charge in [-0.15, -0.1) is 0 Å². The standard InChI is InChI=1S/C17H14FN3O2/c18-12-5-3-4-11(8-12)9-20-14-15(17(23)16(14)22)21-10-13-6-1-2-7-19-13/h1-8,20-21H,9-10H2. The van der Waals surface area contributed by atoms with Gasteiger partial charge in [0.2, 0.25) is 0 Å².